The van der Waals surface area contributed by atoms with Gasteiger partial charge in [-0.15, -0.1) is 11.8 Å². The Morgan fingerprint density at radius 3 is 2.57 bits per heavy atom. The highest BCUT2D eigenvalue weighted by Gasteiger charge is 2.24. The van der Waals surface area contributed by atoms with E-state index in [1.54, 1.807) is 23.2 Å². The summed E-state index contributed by atoms with van der Waals surface area (Å²) in [6, 6.07) is 6.16. The zero-order valence-corrected chi connectivity index (χ0v) is 26.3. The zero-order chi connectivity index (χ0) is 32.5. The maximum atomic E-state index is 13.4. The van der Waals surface area contributed by atoms with Gasteiger partial charge in [-0.2, -0.15) is 13.9 Å². The van der Waals surface area contributed by atoms with E-state index >= 15 is 0 Å². The van der Waals surface area contributed by atoms with Crippen LogP contribution in [0.15, 0.2) is 59.6 Å². The fourth-order valence-electron chi connectivity index (χ4n) is 5.20. The Kier molecular flexibility index (Phi) is 11.5. The van der Waals surface area contributed by atoms with Crippen LogP contribution in [-0.4, -0.2) is 132 Å². The molecule has 0 spiro atoms. The first-order valence-corrected chi connectivity index (χ1v) is 16.1. The van der Waals surface area contributed by atoms with Crippen LogP contribution in [0.25, 0.3) is 5.65 Å². The molecule has 0 unspecified atom stereocenters. The third kappa shape index (κ3) is 8.57. The molecule has 16 heteroatoms. The lowest BCUT2D eigenvalue weighted by atomic mass is 10.1. The number of carbonyl (C=O) groups excluding carboxylic acids is 2. The Bertz CT molecular complexity index is 1560. The van der Waals surface area contributed by atoms with Crippen LogP contribution in [-0.2, 0) is 9.53 Å². The fourth-order valence-corrected chi connectivity index (χ4v) is 5.64. The molecule has 3 aromatic rings. The number of thioether (sulfide) groups is 1. The summed E-state index contributed by atoms with van der Waals surface area (Å²) in [5.74, 6) is -0.985. The lowest BCUT2D eigenvalue weighted by Crippen LogP contribution is -2.52. The van der Waals surface area contributed by atoms with Crippen molar-refractivity contribution in [2.75, 3.05) is 78.4 Å². The molecule has 5 rings (SSSR count). The monoisotopic (exact) mass is 657 g/mol. The number of nitrogens with one attached hydrogen (secondary N) is 3. The van der Waals surface area contributed by atoms with Gasteiger partial charge in [0.2, 0.25) is 5.91 Å². The number of alkyl halides is 2. The van der Waals surface area contributed by atoms with E-state index in [1.807, 2.05) is 6.26 Å². The van der Waals surface area contributed by atoms with Crippen LogP contribution in [0.5, 0.6) is 5.75 Å². The summed E-state index contributed by atoms with van der Waals surface area (Å²) in [4.78, 5) is 37.8. The third-order valence-electron chi connectivity index (χ3n) is 7.77. The van der Waals surface area contributed by atoms with E-state index in [4.69, 9.17) is 14.9 Å². The van der Waals surface area contributed by atoms with Crippen molar-refractivity contribution >= 4 is 34.9 Å². The highest BCUT2D eigenvalue weighted by atomic mass is 32.2. The van der Waals surface area contributed by atoms with E-state index in [-0.39, 0.29) is 40.7 Å². The maximum Gasteiger partial charge on any atom is 0.387 e. The Hall–Kier alpha value is -4.12. The van der Waals surface area contributed by atoms with E-state index in [2.05, 4.69) is 30.5 Å². The minimum atomic E-state index is -3.12. The summed E-state index contributed by atoms with van der Waals surface area (Å²) in [5.41, 5.74) is 0.127. The fraction of sp³-hybridized carbons (Fsp3) is 0.433. The molecule has 46 heavy (non-hydrogen) atoms. The first kappa shape index (κ1) is 33.2. The summed E-state index contributed by atoms with van der Waals surface area (Å²) in [6.45, 7) is 4.82. The number of piperazine rings is 1. The van der Waals surface area contributed by atoms with E-state index < -0.39 is 12.5 Å². The second-order valence-electron chi connectivity index (χ2n) is 10.6. The molecule has 13 nitrogen and oxygen atoms in total. The van der Waals surface area contributed by atoms with Gasteiger partial charge in [-0.3, -0.25) is 24.8 Å². The average Bonchev–Trinajstić information content (AvgIpc) is 3.51. The Morgan fingerprint density at radius 1 is 1.11 bits per heavy atom. The Morgan fingerprint density at radius 2 is 1.85 bits per heavy atom. The van der Waals surface area contributed by atoms with Crippen molar-refractivity contribution < 1.29 is 27.8 Å². The average molecular weight is 658 g/mol. The molecule has 246 valence electrons. The molecule has 2 aliphatic rings. The number of hydrogen-bond acceptors (Lipinski definition) is 11. The molecular weight excluding hydrogens is 620 g/mol. The molecule has 2 aromatic heterocycles. The summed E-state index contributed by atoms with van der Waals surface area (Å²) in [7, 11) is 0. The zero-order valence-electron chi connectivity index (χ0n) is 25.5. The van der Waals surface area contributed by atoms with Crippen molar-refractivity contribution in [3.05, 3.63) is 65.9 Å². The molecule has 0 radical (unpaired) electrons. The molecule has 1 aromatic carbocycles. The largest absolute Gasteiger partial charge is 0.434 e. The second kappa shape index (κ2) is 15.9. The van der Waals surface area contributed by atoms with Gasteiger partial charge in [-0.1, -0.05) is 0 Å². The van der Waals surface area contributed by atoms with Gasteiger partial charge in [0.15, 0.2) is 5.65 Å². The van der Waals surface area contributed by atoms with E-state index in [0.717, 1.165) is 52.5 Å². The number of allylic oxidation sites excluding steroid dienone is 1. The van der Waals surface area contributed by atoms with Gasteiger partial charge < -0.3 is 25.0 Å². The van der Waals surface area contributed by atoms with Gasteiger partial charge in [0.1, 0.15) is 11.3 Å². The molecule has 0 saturated carbocycles. The van der Waals surface area contributed by atoms with E-state index in [1.165, 1.54) is 47.0 Å². The molecule has 0 bridgehead atoms. The molecule has 3 N–H and O–H groups in total. The van der Waals surface area contributed by atoms with Crippen LogP contribution >= 0.6 is 11.8 Å². The predicted molar refractivity (Wildman–Crippen MR) is 169 cm³/mol. The van der Waals surface area contributed by atoms with Crippen molar-refractivity contribution in [3.8, 4) is 5.75 Å². The standard InChI is InChI=1S/C30H37F2N9O4S/c1-46-21-3-4-25(45-30(31)32)22(17-21)27(33)24(37-29(43)23-18-36-41-6-2-5-35-28(23)41)19-34-20-26(42)40-11-9-38(10-12-40)7-8-39-13-15-44-16-14-39/h2-6,17-19,30,33-34H,7-16,20H2,1H3,(H,37,43)/b24-19+,33-27?. The van der Waals surface area contributed by atoms with Crippen LogP contribution in [0, 0.1) is 5.41 Å². The molecule has 0 aliphatic carbocycles. The highest BCUT2D eigenvalue weighted by molar-refractivity contribution is 7.98. The molecule has 4 heterocycles. The molecule has 2 saturated heterocycles. The molecule has 0 atom stereocenters. The number of halogens is 2. The Labute approximate surface area is 269 Å². The van der Waals surface area contributed by atoms with Gasteiger partial charge in [0.25, 0.3) is 5.91 Å². The minimum absolute atomic E-state index is 0.0398. The van der Waals surface area contributed by atoms with Gasteiger partial charge in [-0.25, -0.2) is 9.50 Å². The number of nitrogens with zero attached hydrogens (tertiary/aromatic N) is 6. The van der Waals surface area contributed by atoms with Crippen LogP contribution < -0.4 is 15.4 Å². The third-order valence-corrected chi connectivity index (χ3v) is 8.50. The summed E-state index contributed by atoms with van der Waals surface area (Å²) < 4.78 is 38.0. The predicted octanol–water partition coefficient (Wildman–Crippen LogP) is 1.76. The first-order chi connectivity index (χ1) is 22.3. The normalized spacial score (nSPS) is 16.5. The SMILES string of the molecule is CSc1ccc(OC(F)F)c(C(=N)/C(=C\NCC(=O)N2CCN(CCN3CCOCC3)CC2)NC(=O)c2cnn3cccnc23)c1. The van der Waals surface area contributed by atoms with Crippen molar-refractivity contribution in [1.29, 1.82) is 5.41 Å². The minimum Gasteiger partial charge on any atom is -0.434 e. The Balaban J connectivity index is 1.27. The highest BCUT2D eigenvalue weighted by Crippen LogP contribution is 2.28. The van der Waals surface area contributed by atoms with Crippen LogP contribution in [0.1, 0.15) is 15.9 Å². The second-order valence-corrected chi connectivity index (χ2v) is 11.5. The number of rotatable bonds is 13. The van der Waals surface area contributed by atoms with Crippen molar-refractivity contribution in [2.45, 2.75) is 11.5 Å². The summed E-state index contributed by atoms with van der Waals surface area (Å²) >= 11 is 1.36. The number of hydrogen-bond donors (Lipinski definition) is 3. The van der Waals surface area contributed by atoms with Gasteiger partial charge in [0, 0.05) is 81.4 Å². The lowest BCUT2D eigenvalue weighted by Gasteiger charge is -2.36. The number of fused-ring (bicyclic) bond motifs is 1. The quantitative estimate of drug-likeness (QED) is 0.184. The van der Waals surface area contributed by atoms with Crippen LogP contribution in [0.2, 0.25) is 0 Å². The smallest absolute Gasteiger partial charge is 0.387 e. The topological polar surface area (TPSA) is 140 Å². The number of amides is 2. The molecule has 2 aliphatic heterocycles. The van der Waals surface area contributed by atoms with Gasteiger partial charge in [-0.05, 0) is 30.5 Å². The lowest BCUT2D eigenvalue weighted by molar-refractivity contribution is -0.131. The number of benzene rings is 1. The number of morpholine rings is 1. The molecular formula is C30H37F2N9O4S. The summed E-state index contributed by atoms with van der Waals surface area (Å²) in [6.07, 6.45) is 7.64. The number of ether oxygens (including phenoxy) is 2. The van der Waals surface area contributed by atoms with E-state index in [0.29, 0.717) is 23.6 Å². The van der Waals surface area contributed by atoms with E-state index in [9.17, 15) is 18.4 Å². The van der Waals surface area contributed by atoms with Crippen molar-refractivity contribution in [1.82, 2.24) is 39.9 Å². The van der Waals surface area contributed by atoms with Crippen molar-refractivity contribution in [3.63, 3.8) is 0 Å². The van der Waals surface area contributed by atoms with Gasteiger partial charge in [0.05, 0.1) is 37.4 Å². The van der Waals surface area contributed by atoms with Crippen molar-refractivity contribution in [2.24, 2.45) is 0 Å². The molecule has 2 fully saturated rings. The number of carbonyl (C=O) groups is 2. The maximum absolute atomic E-state index is 13.4. The molecule has 2 amide bonds. The van der Waals surface area contributed by atoms with Crippen LogP contribution in [0.4, 0.5) is 8.78 Å². The first-order valence-electron chi connectivity index (χ1n) is 14.9. The van der Waals surface area contributed by atoms with Crippen LogP contribution in [0.3, 0.4) is 0 Å². The van der Waals surface area contributed by atoms with Gasteiger partial charge >= 0.3 is 6.61 Å². The number of aromatic nitrogens is 3. The summed E-state index contributed by atoms with van der Waals surface area (Å²) in [5, 5.41) is 18.7.